The second kappa shape index (κ2) is 4.66. The molecule has 1 aliphatic carbocycles. The van der Waals surface area contributed by atoms with Crippen molar-refractivity contribution in [1.82, 2.24) is 9.97 Å². The molecule has 106 valence electrons. The SMILES string of the molecule is CCc1nc(OCC2(O)CC2)c2cc(C)cc(F)c2n1. The van der Waals surface area contributed by atoms with Crippen LogP contribution in [0, 0.1) is 12.7 Å². The van der Waals surface area contributed by atoms with Gasteiger partial charge in [0, 0.05) is 6.42 Å². The van der Waals surface area contributed by atoms with E-state index in [9.17, 15) is 9.50 Å². The van der Waals surface area contributed by atoms with Gasteiger partial charge in [-0.1, -0.05) is 6.92 Å². The Hall–Kier alpha value is -1.75. The molecule has 1 fully saturated rings. The molecule has 0 unspecified atom stereocenters. The van der Waals surface area contributed by atoms with Crippen LogP contribution in [0.4, 0.5) is 4.39 Å². The van der Waals surface area contributed by atoms with Gasteiger partial charge in [-0.25, -0.2) is 9.37 Å². The number of hydrogen-bond acceptors (Lipinski definition) is 4. The third-order valence-electron chi connectivity index (χ3n) is 3.53. The molecule has 1 heterocycles. The summed E-state index contributed by atoms with van der Waals surface area (Å²) >= 11 is 0. The zero-order valence-electron chi connectivity index (χ0n) is 11.6. The Labute approximate surface area is 116 Å². The molecule has 0 bridgehead atoms. The van der Waals surface area contributed by atoms with Crippen LogP contribution in [0.1, 0.15) is 31.2 Å². The highest BCUT2D eigenvalue weighted by molar-refractivity contribution is 5.84. The van der Waals surface area contributed by atoms with Crippen LogP contribution in [0.5, 0.6) is 5.88 Å². The molecule has 4 nitrogen and oxygen atoms in total. The first-order chi connectivity index (χ1) is 9.50. The second-order valence-electron chi connectivity index (χ2n) is 5.45. The summed E-state index contributed by atoms with van der Waals surface area (Å²) in [6.07, 6.45) is 2.08. The molecular formula is C15H17FN2O2. The standard InChI is InChI=1S/C15H17FN2O2/c1-3-12-17-13-10(6-9(2)7-11(13)16)14(18-12)20-8-15(19)4-5-15/h6-7,19H,3-5,8H2,1-2H3. The van der Waals surface area contributed by atoms with Gasteiger partial charge in [-0.2, -0.15) is 4.98 Å². The molecule has 0 atom stereocenters. The molecular weight excluding hydrogens is 259 g/mol. The monoisotopic (exact) mass is 276 g/mol. The lowest BCUT2D eigenvalue weighted by molar-refractivity contribution is 0.0840. The van der Waals surface area contributed by atoms with Gasteiger partial charge < -0.3 is 9.84 Å². The summed E-state index contributed by atoms with van der Waals surface area (Å²) in [6, 6.07) is 3.26. The Bertz CT molecular complexity index is 668. The van der Waals surface area contributed by atoms with Crippen molar-refractivity contribution in [2.24, 2.45) is 0 Å². The van der Waals surface area contributed by atoms with E-state index in [2.05, 4.69) is 9.97 Å². The third-order valence-corrected chi connectivity index (χ3v) is 3.53. The summed E-state index contributed by atoms with van der Waals surface area (Å²) in [6.45, 7) is 3.91. The van der Waals surface area contributed by atoms with E-state index in [1.54, 1.807) is 0 Å². The van der Waals surface area contributed by atoms with Crippen LogP contribution in [-0.2, 0) is 6.42 Å². The molecule has 5 heteroatoms. The van der Waals surface area contributed by atoms with Gasteiger partial charge in [-0.3, -0.25) is 0 Å². The highest BCUT2D eigenvalue weighted by atomic mass is 19.1. The Morgan fingerprint density at radius 2 is 2.10 bits per heavy atom. The van der Waals surface area contributed by atoms with Gasteiger partial charge in [0.15, 0.2) is 0 Å². The molecule has 0 saturated heterocycles. The molecule has 0 radical (unpaired) electrons. The quantitative estimate of drug-likeness (QED) is 0.932. The number of rotatable bonds is 4. The fraction of sp³-hybridized carbons (Fsp3) is 0.467. The molecule has 1 N–H and O–H groups in total. The number of hydrogen-bond donors (Lipinski definition) is 1. The molecule has 1 saturated carbocycles. The smallest absolute Gasteiger partial charge is 0.224 e. The van der Waals surface area contributed by atoms with E-state index >= 15 is 0 Å². The first kappa shape index (κ1) is 13.2. The minimum atomic E-state index is -0.730. The van der Waals surface area contributed by atoms with Crippen molar-refractivity contribution in [2.45, 2.75) is 38.7 Å². The van der Waals surface area contributed by atoms with E-state index in [0.29, 0.717) is 23.5 Å². The molecule has 0 amide bonds. The summed E-state index contributed by atoms with van der Waals surface area (Å²) in [5.41, 5.74) is 0.338. The first-order valence-corrected chi connectivity index (χ1v) is 6.83. The van der Waals surface area contributed by atoms with Gasteiger partial charge in [-0.15, -0.1) is 0 Å². The number of benzene rings is 1. The molecule has 0 aliphatic heterocycles. The second-order valence-corrected chi connectivity index (χ2v) is 5.45. The molecule has 3 rings (SSSR count). The molecule has 2 aromatic rings. The average molecular weight is 276 g/mol. The lowest BCUT2D eigenvalue weighted by atomic mass is 10.1. The maximum atomic E-state index is 14.0. The van der Waals surface area contributed by atoms with E-state index in [1.165, 1.54) is 6.07 Å². The van der Waals surface area contributed by atoms with Crippen LogP contribution in [-0.4, -0.2) is 27.3 Å². The fourth-order valence-corrected chi connectivity index (χ4v) is 2.10. The summed E-state index contributed by atoms with van der Waals surface area (Å²) in [4.78, 5) is 8.55. The summed E-state index contributed by atoms with van der Waals surface area (Å²) in [7, 11) is 0. The third kappa shape index (κ3) is 2.45. The lowest BCUT2D eigenvalue weighted by Gasteiger charge is -2.13. The van der Waals surface area contributed by atoms with Crippen LogP contribution in [0.15, 0.2) is 12.1 Å². The number of aliphatic hydroxyl groups is 1. The number of aromatic nitrogens is 2. The van der Waals surface area contributed by atoms with Gasteiger partial charge in [-0.05, 0) is 37.5 Å². The van der Waals surface area contributed by atoms with Crippen LogP contribution < -0.4 is 4.74 Å². The van der Waals surface area contributed by atoms with Gasteiger partial charge in [0.25, 0.3) is 0 Å². The van der Waals surface area contributed by atoms with Gasteiger partial charge in [0.05, 0.1) is 11.0 Å². The summed E-state index contributed by atoms with van der Waals surface area (Å²) in [5.74, 6) is 0.528. The molecule has 20 heavy (non-hydrogen) atoms. The van der Waals surface area contributed by atoms with Crippen molar-refractivity contribution in [3.63, 3.8) is 0 Å². The normalized spacial score (nSPS) is 16.4. The van der Waals surface area contributed by atoms with Crippen molar-refractivity contribution in [3.8, 4) is 5.88 Å². The number of halogens is 1. The zero-order chi connectivity index (χ0) is 14.3. The molecule has 1 aromatic carbocycles. The largest absolute Gasteiger partial charge is 0.474 e. The number of ether oxygens (including phenoxy) is 1. The average Bonchev–Trinajstić information content (AvgIpc) is 3.14. The van der Waals surface area contributed by atoms with Gasteiger partial charge in [0.2, 0.25) is 5.88 Å². The van der Waals surface area contributed by atoms with Crippen LogP contribution in [0.2, 0.25) is 0 Å². The minimum Gasteiger partial charge on any atom is -0.474 e. The summed E-state index contributed by atoms with van der Waals surface area (Å²) in [5, 5.41) is 10.4. The summed E-state index contributed by atoms with van der Waals surface area (Å²) < 4.78 is 19.7. The van der Waals surface area contributed by atoms with E-state index in [0.717, 1.165) is 18.4 Å². The molecule has 0 spiro atoms. The fourth-order valence-electron chi connectivity index (χ4n) is 2.10. The molecule has 1 aromatic heterocycles. The number of fused-ring (bicyclic) bond motifs is 1. The van der Waals surface area contributed by atoms with E-state index in [4.69, 9.17) is 4.74 Å². The Morgan fingerprint density at radius 3 is 2.75 bits per heavy atom. The van der Waals surface area contributed by atoms with Crippen molar-refractivity contribution in [2.75, 3.05) is 6.61 Å². The van der Waals surface area contributed by atoms with E-state index in [1.807, 2.05) is 19.9 Å². The first-order valence-electron chi connectivity index (χ1n) is 6.83. The predicted octanol–water partition coefficient (Wildman–Crippen LogP) is 2.54. The maximum Gasteiger partial charge on any atom is 0.224 e. The predicted molar refractivity (Wildman–Crippen MR) is 73.3 cm³/mol. The number of nitrogens with zero attached hydrogens (tertiary/aromatic N) is 2. The van der Waals surface area contributed by atoms with E-state index in [-0.39, 0.29) is 17.9 Å². The van der Waals surface area contributed by atoms with Crippen molar-refractivity contribution in [1.29, 1.82) is 0 Å². The van der Waals surface area contributed by atoms with Crippen molar-refractivity contribution in [3.05, 3.63) is 29.3 Å². The van der Waals surface area contributed by atoms with Gasteiger partial charge in [0.1, 0.15) is 23.8 Å². The minimum absolute atomic E-state index is 0.192. The zero-order valence-corrected chi connectivity index (χ0v) is 11.6. The van der Waals surface area contributed by atoms with Gasteiger partial charge >= 0.3 is 0 Å². The van der Waals surface area contributed by atoms with Crippen LogP contribution in [0.25, 0.3) is 10.9 Å². The van der Waals surface area contributed by atoms with E-state index < -0.39 is 5.60 Å². The Kier molecular flexibility index (Phi) is 3.09. The Balaban J connectivity index is 2.07. The van der Waals surface area contributed by atoms with Crippen LogP contribution >= 0.6 is 0 Å². The topological polar surface area (TPSA) is 55.2 Å². The van der Waals surface area contributed by atoms with Crippen LogP contribution in [0.3, 0.4) is 0 Å². The highest BCUT2D eigenvalue weighted by Crippen LogP contribution is 2.36. The molecule has 1 aliphatic rings. The maximum absolute atomic E-state index is 14.0. The number of aryl methyl sites for hydroxylation is 2. The lowest BCUT2D eigenvalue weighted by Crippen LogP contribution is -2.19. The van der Waals surface area contributed by atoms with Crippen molar-refractivity contribution >= 4 is 10.9 Å². The van der Waals surface area contributed by atoms with Crippen molar-refractivity contribution < 1.29 is 14.2 Å². The highest BCUT2D eigenvalue weighted by Gasteiger charge is 2.41. The Morgan fingerprint density at radius 1 is 1.35 bits per heavy atom.